The van der Waals surface area contributed by atoms with E-state index in [1.807, 2.05) is 18.2 Å². The van der Waals surface area contributed by atoms with Crippen LogP contribution in [0.3, 0.4) is 0 Å². The van der Waals surface area contributed by atoms with E-state index in [1.165, 1.54) is 16.7 Å². The van der Waals surface area contributed by atoms with Gasteiger partial charge in [-0.05, 0) is 35.9 Å². The number of para-hydroxylation sites is 2. The van der Waals surface area contributed by atoms with Crippen molar-refractivity contribution in [2.24, 2.45) is 0 Å². The molecular weight excluding hydrogens is 498 g/mol. The molecule has 0 saturated heterocycles. The molecule has 2 aliphatic heterocycles. The number of hydrogen-bond donors (Lipinski definition) is 0. The van der Waals surface area contributed by atoms with E-state index in [0.29, 0.717) is 13.1 Å². The molecule has 174 valence electrons. The summed E-state index contributed by atoms with van der Waals surface area (Å²) in [6.45, 7) is 4.93. The monoisotopic (exact) mass is 521 g/mol. The molecule has 34 heavy (non-hydrogen) atoms. The highest BCUT2D eigenvalue weighted by molar-refractivity contribution is 5.72. The quantitative estimate of drug-likeness (QED) is 0.224. The minimum atomic E-state index is -0.365. The zero-order valence-electron chi connectivity index (χ0n) is 18.8. The Kier molecular flexibility index (Phi) is 5.77. The van der Waals surface area contributed by atoms with Crippen LogP contribution in [0, 0.1) is 17.0 Å². The topological polar surface area (TPSA) is 70.4 Å². The molecule has 3 aromatic carbocycles. The molecule has 1 aromatic heterocycles. The van der Waals surface area contributed by atoms with Gasteiger partial charge in [0, 0.05) is 48.6 Å². The highest BCUT2D eigenvalue weighted by Gasteiger charge is 2.30. The molecule has 3 heterocycles. The Bertz CT molecular complexity index is 1380. The van der Waals surface area contributed by atoms with Gasteiger partial charge >= 0.3 is 0 Å². The fourth-order valence-corrected chi connectivity index (χ4v) is 5.13. The fourth-order valence-electron chi connectivity index (χ4n) is 5.13. The van der Waals surface area contributed by atoms with Crippen LogP contribution in [0.1, 0.15) is 28.1 Å². The van der Waals surface area contributed by atoms with Crippen LogP contribution in [0.25, 0.3) is 11.0 Å². The van der Waals surface area contributed by atoms with Crippen molar-refractivity contribution >= 4 is 16.7 Å². The predicted molar refractivity (Wildman–Crippen MR) is 123 cm³/mol. The Morgan fingerprint density at radius 3 is 2.62 bits per heavy atom. The summed E-state index contributed by atoms with van der Waals surface area (Å²) < 4.78 is 16.6. The summed E-state index contributed by atoms with van der Waals surface area (Å²) in [5.41, 5.74) is 7.14. The Balaban J connectivity index is 0.00000241. The molecule has 0 bridgehead atoms. The number of aromatic nitrogens is 2. The van der Waals surface area contributed by atoms with Gasteiger partial charge in [0.05, 0.1) is 18.1 Å². The lowest BCUT2D eigenvalue weighted by molar-refractivity contribution is -0.669. The third kappa shape index (κ3) is 3.62. The highest BCUT2D eigenvalue weighted by Crippen LogP contribution is 2.41. The van der Waals surface area contributed by atoms with Crippen molar-refractivity contribution in [3.05, 3.63) is 92.8 Å². The molecule has 0 radical (unpaired) electrons. The van der Waals surface area contributed by atoms with Crippen LogP contribution in [0.5, 0.6) is 11.5 Å². The first kappa shape index (κ1) is 22.4. The summed E-state index contributed by atoms with van der Waals surface area (Å²) in [5.74, 6) is 3.15. The van der Waals surface area contributed by atoms with E-state index in [4.69, 9.17) is 9.47 Å². The van der Waals surface area contributed by atoms with Crippen LogP contribution in [0.4, 0.5) is 5.69 Å². The number of ether oxygens (including phenoxy) is 2. The Labute approximate surface area is 207 Å². The van der Waals surface area contributed by atoms with Crippen molar-refractivity contribution in [1.82, 2.24) is 4.57 Å². The molecule has 0 saturated carbocycles. The number of rotatable bonds is 5. The molecule has 0 aliphatic carbocycles. The largest absolute Gasteiger partial charge is 1.00 e. The molecule has 0 fully saturated rings. The molecule has 0 unspecified atom stereocenters. The van der Waals surface area contributed by atoms with Crippen LogP contribution in [0.15, 0.2) is 54.6 Å². The number of hydrogen-bond acceptors (Lipinski definition) is 4. The molecule has 4 aromatic rings. The number of non-ortho nitro benzene ring substituents is 1. The van der Waals surface area contributed by atoms with Gasteiger partial charge < -0.3 is 26.5 Å². The van der Waals surface area contributed by atoms with E-state index in [2.05, 4.69) is 40.3 Å². The van der Waals surface area contributed by atoms with E-state index >= 15 is 0 Å². The normalized spacial score (nSPS) is 13.7. The summed E-state index contributed by atoms with van der Waals surface area (Å²) in [4.78, 5) is 10.7. The van der Waals surface area contributed by atoms with Crippen LogP contribution < -0.4 is 31.0 Å². The number of benzene rings is 3. The second kappa shape index (κ2) is 8.76. The van der Waals surface area contributed by atoms with E-state index in [1.54, 1.807) is 12.1 Å². The lowest BCUT2D eigenvalue weighted by Gasteiger charge is -2.12. The van der Waals surface area contributed by atoms with Crippen LogP contribution in [0.2, 0.25) is 0 Å². The van der Waals surface area contributed by atoms with Gasteiger partial charge in [-0.1, -0.05) is 12.1 Å². The lowest BCUT2D eigenvalue weighted by atomic mass is 9.99. The fraction of sp³-hybridized carbons (Fsp3) is 0.269. The van der Waals surface area contributed by atoms with Crippen molar-refractivity contribution < 1.29 is 35.9 Å². The molecular formula is C26H24BrN3O4. The van der Waals surface area contributed by atoms with E-state index in [9.17, 15) is 10.1 Å². The number of imidazole rings is 1. The maximum Gasteiger partial charge on any atom is 0.269 e. The minimum absolute atomic E-state index is 0. The van der Waals surface area contributed by atoms with Gasteiger partial charge in [-0.2, -0.15) is 0 Å². The van der Waals surface area contributed by atoms with E-state index < -0.39 is 0 Å². The maximum absolute atomic E-state index is 11.0. The standard InChI is InChI=1S/C26H24N3O4.BrH/c1-17-27(15-18-6-8-20(9-7-18)29(30)31)23-4-2-3-5-24(23)28(17)16-22-21-11-13-32-25(21)14-19-10-12-33-26(19)22;/h2-9,14H,10-13,15-16H2,1H3;1H/q+1;/p-1. The molecule has 0 N–H and O–H groups in total. The molecule has 0 atom stereocenters. The third-order valence-corrected chi connectivity index (χ3v) is 6.81. The second-order valence-corrected chi connectivity index (χ2v) is 8.65. The molecule has 8 heteroatoms. The minimum Gasteiger partial charge on any atom is -1.00 e. The zero-order valence-corrected chi connectivity index (χ0v) is 20.4. The Hall–Kier alpha value is -3.39. The predicted octanol–water partition coefficient (Wildman–Crippen LogP) is 1.12. The van der Waals surface area contributed by atoms with Gasteiger partial charge in [-0.25, -0.2) is 9.13 Å². The van der Waals surface area contributed by atoms with Crippen molar-refractivity contribution in [3.8, 4) is 11.5 Å². The van der Waals surface area contributed by atoms with Crippen LogP contribution in [-0.4, -0.2) is 22.7 Å². The zero-order chi connectivity index (χ0) is 22.5. The first-order chi connectivity index (χ1) is 16.1. The molecule has 0 spiro atoms. The molecule has 6 rings (SSSR count). The van der Waals surface area contributed by atoms with E-state index in [-0.39, 0.29) is 27.6 Å². The van der Waals surface area contributed by atoms with Crippen molar-refractivity contribution in [2.75, 3.05) is 13.2 Å². The number of nitrogens with zero attached hydrogens (tertiary/aromatic N) is 3. The summed E-state index contributed by atoms with van der Waals surface area (Å²) in [6, 6.07) is 17.3. The molecule has 2 aliphatic rings. The van der Waals surface area contributed by atoms with Crippen LogP contribution in [-0.2, 0) is 25.9 Å². The van der Waals surface area contributed by atoms with Gasteiger partial charge in [-0.15, -0.1) is 0 Å². The third-order valence-electron chi connectivity index (χ3n) is 6.81. The number of halogens is 1. The van der Waals surface area contributed by atoms with Gasteiger partial charge in [0.1, 0.15) is 24.6 Å². The number of nitro groups is 1. The van der Waals surface area contributed by atoms with Crippen molar-refractivity contribution in [3.63, 3.8) is 0 Å². The Morgan fingerprint density at radius 2 is 1.82 bits per heavy atom. The van der Waals surface area contributed by atoms with Gasteiger partial charge in [0.25, 0.3) is 11.5 Å². The van der Waals surface area contributed by atoms with Crippen molar-refractivity contribution in [2.45, 2.75) is 32.9 Å². The Morgan fingerprint density at radius 1 is 1.06 bits per heavy atom. The summed E-state index contributed by atoms with van der Waals surface area (Å²) in [7, 11) is 0. The average molecular weight is 522 g/mol. The highest BCUT2D eigenvalue weighted by atomic mass is 79.9. The first-order valence-corrected chi connectivity index (χ1v) is 11.2. The molecule has 7 nitrogen and oxygen atoms in total. The maximum atomic E-state index is 11.0. The first-order valence-electron chi connectivity index (χ1n) is 11.2. The second-order valence-electron chi connectivity index (χ2n) is 8.65. The lowest BCUT2D eigenvalue weighted by Crippen LogP contribution is -3.00. The number of fused-ring (bicyclic) bond motifs is 3. The SMILES string of the molecule is Cc1n(Cc2c3c(cc4c2OCC4)OCC3)c2ccccc2[n+]1Cc1ccc([N+](=O)[O-])cc1.[Br-]. The number of nitro benzene ring substituents is 1. The smallest absolute Gasteiger partial charge is 0.269 e. The van der Waals surface area contributed by atoms with Crippen molar-refractivity contribution in [1.29, 1.82) is 0 Å². The summed E-state index contributed by atoms with van der Waals surface area (Å²) in [5, 5.41) is 11.0. The van der Waals surface area contributed by atoms with E-state index in [0.717, 1.165) is 60.0 Å². The van der Waals surface area contributed by atoms with Gasteiger partial charge in [0.2, 0.25) is 0 Å². The molecule has 0 amide bonds. The van der Waals surface area contributed by atoms with Gasteiger partial charge in [0.15, 0.2) is 11.0 Å². The summed E-state index contributed by atoms with van der Waals surface area (Å²) in [6.07, 6.45) is 1.83. The summed E-state index contributed by atoms with van der Waals surface area (Å²) >= 11 is 0. The average Bonchev–Trinajstić information content (AvgIpc) is 3.54. The van der Waals surface area contributed by atoms with Crippen LogP contribution >= 0.6 is 0 Å². The van der Waals surface area contributed by atoms with Gasteiger partial charge in [-0.3, -0.25) is 10.1 Å².